The Hall–Kier alpha value is -1.66. The number of benzene rings is 1. The van der Waals surface area contributed by atoms with Gasteiger partial charge in [0.1, 0.15) is 0 Å². The molecule has 0 spiro atoms. The highest BCUT2D eigenvalue weighted by atomic mass is 32.1. The number of nitrogen functional groups attached to an aromatic ring is 1. The summed E-state index contributed by atoms with van der Waals surface area (Å²) in [5.41, 5.74) is 7.13. The minimum atomic E-state index is -0.0844. The SMILES string of the molecule is Nc1nc2ccc(C(=O)NCCOC3CCCC3)cc2s1. The number of nitrogens with two attached hydrogens (primary N) is 1. The lowest BCUT2D eigenvalue weighted by molar-refractivity contribution is 0.0582. The van der Waals surface area contributed by atoms with Crippen LogP contribution >= 0.6 is 11.3 Å². The summed E-state index contributed by atoms with van der Waals surface area (Å²) in [5.74, 6) is -0.0844. The molecule has 0 bridgehead atoms. The van der Waals surface area contributed by atoms with Crippen LogP contribution in [0.4, 0.5) is 5.13 Å². The quantitative estimate of drug-likeness (QED) is 0.832. The van der Waals surface area contributed by atoms with E-state index in [-0.39, 0.29) is 5.91 Å². The van der Waals surface area contributed by atoms with Crippen molar-refractivity contribution in [1.82, 2.24) is 10.3 Å². The zero-order valence-electron chi connectivity index (χ0n) is 11.8. The molecule has 112 valence electrons. The summed E-state index contributed by atoms with van der Waals surface area (Å²) in [6, 6.07) is 5.43. The maximum absolute atomic E-state index is 12.1. The first-order chi connectivity index (χ1) is 10.2. The third kappa shape index (κ3) is 3.51. The van der Waals surface area contributed by atoms with E-state index in [2.05, 4.69) is 10.3 Å². The first kappa shape index (κ1) is 14.3. The molecular formula is C15H19N3O2S. The van der Waals surface area contributed by atoms with Gasteiger partial charge in [-0.25, -0.2) is 4.98 Å². The van der Waals surface area contributed by atoms with Crippen molar-refractivity contribution < 1.29 is 9.53 Å². The second kappa shape index (κ2) is 6.41. The molecular weight excluding hydrogens is 286 g/mol. The number of carbonyl (C=O) groups excluding carboxylic acids is 1. The maximum Gasteiger partial charge on any atom is 0.251 e. The number of hydrogen-bond acceptors (Lipinski definition) is 5. The van der Waals surface area contributed by atoms with Gasteiger partial charge in [0.2, 0.25) is 0 Å². The molecule has 5 nitrogen and oxygen atoms in total. The standard InChI is InChI=1S/C15H19N3O2S/c16-15-18-12-6-5-10(9-13(12)21-15)14(19)17-7-8-20-11-3-1-2-4-11/h5-6,9,11H,1-4,7-8H2,(H2,16,18)(H,17,19). The van der Waals surface area contributed by atoms with Gasteiger partial charge in [0.15, 0.2) is 5.13 Å². The van der Waals surface area contributed by atoms with Crippen LogP contribution in [0, 0.1) is 0 Å². The van der Waals surface area contributed by atoms with Crippen molar-refractivity contribution in [1.29, 1.82) is 0 Å². The molecule has 1 aliphatic carbocycles. The average Bonchev–Trinajstić information content (AvgIpc) is 3.10. The van der Waals surface area contributed by atoms with Gasteiger partial charge in [-0.15, -0.1) is 0 Å². The zero-order valence-corrected chi connectivity index (χ0v) is 12.6. The monoisotopic (exact) mass is 305 g/mol. The number of nitrogens with one attached hydrogen (secondary N) is 1. The van der Waals surface area contributed by atoms with Crippen LogP contribution in [0.2, 0.25) is 0 Å². The minimum Gasteiger partial charge on any atom is -0.376 e. The van der Waals surface area contributed by atoms with Crippen molar-refractivity contribution in [3.05, 3.63) is 23.8 Å². The number of carbonyl (C=O) groups is 1. The van der Waals surface area contributed by atoms with Crippen LogP contribution in [0.3, 0.4) is 0 Å². The van der Waals surface area contributed by atoms with E-state index in [1.165, 1.54) is 24.2 Å². The van der Waals surface area contributed by atoms with E-state index in [1.807, 2.05) is 12.1 Å². The number of amides is 1. The van der Waals surface area contributed by atoms with Gasteiger partial charge < -0.3 is 15.8 Å². The fourth-order valence-electron chi connectivity index (χ4n) is 2.63. The Morgan fingerprint density at radius 1 is 1.43 bits per heavy atom. The molecule has 1 saturated carbocycles. The third-order valence-corrected chi connectivity index (χ3v) is 4.56. The highest BCUT2D eigenvalue weighted by Gasteiger charge is 2.15. The molecule has 1 heterocycles. The van der Waals surface area contributed by atoms with Gasteiger partial charge in [-0.3, -0.25) is 4.79 Å². The largest absolute Gasteiger partial charge is 0.376 e. The maximum atomic E-state index is 12.1. The van der Waals surface area contributed by atoms with Crippen molar-refractivity contribution in [2.75, 3.05) is 18.9 Å². The Kier molecular flexibility index (Phi) is 4.36. The van der Waals surface area contributed by atoms with Crippen LogP contribution in [0.25, 0.3) is 10.2 Å². The predicted octanol–water partition coefficient (Wildman–Crippen LogP) is 2.57. The van der Waals surface area contributed by atoms with Crippen molar-refractivity contribution in [3.63, 3.8) is 0 Å². The molecule has 1 aliphatic rings. The number of hydrogen-bond donors (Lipinski definition) is 2. The van der Waals surface area contributed by atoms with Gasteiger partial charge in [-0.2, -0.15) is 0 Å². The highest BCUT2D eigenvalue weighted by molar-refractivity contribution is 7.22. The molecule has 1 aromatic carbocycles. The van der Waals surface area contributed by atoms with Gasteiger partial charge in [0.05, 0.1) is 22.9 Å². The summed E-state index contributed by atoms with van der Waals surface area (Å²) in [4.78, 5) is 16.3. The Morgan fingerprint density at radius 2 is 2.24 bits per heavy atom. The molecule has 3 rings (SSSR count). The molecule has 21 heavy (non-hydrogen) atoms. The smallest absolute Gasteiger partial charge is 0.251 e. The molecule has 0 saturated heterocycles. The lowest BCUT2D eigenvalue weighted by atomic mass is 10.2. The molecule has 0 radical (unpaired) electrons. The summed E-state index contributed by atoms with van der Waals surface area (Å²) in [7, 11) is 0. The molecule has 2 aromatic rings. The Morgan fingerprint density at radius 3 is 3.05 bits per heavy atom. The van der Waals surface area contributed by atoms with E-state index in [0.29, 0.717) is 30.0 Å². The van der Waals surface area contributed by atoms with Crippen LogP contribution in [0.1, 0.15) is 36.0 Å². The van der Waals surface area contributed by atoms with Gasteiger partial charge in [-0.05, 0) is 31.0 Å². The van der Waals surface area contributed by atoms with E-state index >= 15 is 0 Å². The molecule has 1 aromatic heterocycles. The van der Waals surface area contributed by atoms with E-state index in [9.17, 15) is 4.79 Å². The lowest BCUT2D eigenvalue weighted by Crippen LogP contribution is -2.28. The number of ether oxygens (including phenoxy) is 1. The summed E-state index contributed by atoms with van der Waals surface area (Å²) in [6.07, 6.45) is 5.21. The molecule has 1 amide bonds. The van der Waals surface area contributed by atoms with Crippen LogP contribution in [-0.2, 0) is 4.74 Å². The number of fused-ring (bicyclic) bond motifs is 1. The van der Waals surface area contributed by atoms with E-state index < -0.39 is 0 Å². The molecule has 6 heteroatoms. The van der Waals surface area contributed by atoms with Crippen molar-refractivity contribution in [2.45, 2.75) is 31.8 Å². The number of nitrogens with zero attached hydrogens (tertiary/aromatic N) is 1. The van der Waals surface area contributed by atoms with Crippen LogP contribution in [0.5, 0.6) is 0 Å². The summed E-state index contributed by atoms with van der Waals surface area (Å²) in [5, 5.41) is 3.40. The number of aromatic nitrogens is 1. The van der Waals surface area contributed by atoms with Gasteiger partial charge >= 0.3 is 0 Å². The zero-order chi connectivity index (χ0) is 14.7. The molecule has 0 atom stereocenters. The normalized spacial score (nSPS) is 15.6. The summed E-state index contributed by atoms with van der Waals surface area (Å²) in [6.45, 7) is 1.12. The van der Waals surface area contributed by atoms with Gasteiger partial charge in [0, 0.05) is 12.1 Å². The first-order valence-corrected chi connectivity index (χ1v) is 8.10. The van der Waals surface area contributed by atoms with E-state index in [0.717, 1.165) is 23.1 Å². The molecule has 0 unspecified atom stereocenters. The van der Waals surface area contributed by atoms with Crippen molar-refractivity contribution in [3.8, 4) is 0 Å². The fraction of sp³-hybridized carbons (Fsp3) is 0.467. The fourth-order valence-corrected chi connectivity index (χ4v) is 3.40. The second-order valence-electron chi connectivity index (χ2n) is 5.27. The topological polar surface area (TPSA) is 77.2 Å². The Labute approximate surface area is 127 Å². The van der Waals surface area contributed by atoms with Crippen molar-refractivity contribution >= 4 is 32.6 Å². The number of anilines is 1. The van der Waals surface area contributed by atoms with E-state index in [4.69, 9.17) is 10.5 Å². The first-order valence-electron chi connectivity index (χ1n) is 7.28. The van der Waals surface area contributed by atoms with Gasteiger partial charge in [0.25, 0.3) is 5.91 Å². The second-order valence-corrected chi connectivity index (χ2v) is 6.33. The summed E-state index contributed by atoms with van der Waals surface area (Å²) < 4.78 is 6.66. The molecule has 3 N–H and O–H groups in total. The average molecular weight is 305 g/mol. The number of rotatable bonds is 5. The Balaban J connectivity index is 1.51. The number of thiazole rings is 1. The third-order valence-electron chi connectivity index (χ3n) is 3.71. The van der Waals surface area contributed by atoms with Crippen LogP contribution < -0.4 is 11.1 Å². The van der Waals surface area contributed by atoms with E-state index in [1.54, 1.807) is 6.07 Å². The Bertz CT molecular complexity index is 635. The summed E-state index contributed by atoms with van der Waals surface area (Å²) >= 11 is 1.39. The highest BCUT2D eigenvalue weighted by Crippen LogP contribution is 2.24. The predicted molar refractivity (Wildman–Crippen MR) is 84.6 cm³/mol. The van der Waals surface area contributed by atoms with Crippen molar-refractivity contribution in [2.24, 2.45) is 0 Å². The van der Waals surface area contributed by atoms with Gasteiger partial charge in [-0.1, -0.05) is 24.2 Å². The van der Waals surface area contributed by atoms with Crippen LogP contribution in [0.15, 0.2) is 18.2 Å². The molecule has 0 aliphatic heterocycles. The minimum absolute atomic E-state index is 0.0844. The lowest BCUT2D eigenvalue weighted by Gasteiger charge is -2.11. The molecule has 1 fully saturated rings. The van der Waals surface area contributed by atoms with Crippen LogP contribution in [-0.4, -0.2) is 30.1 Å².